The minimum atomic E-state index is 0.867. The van der Waals surface area contributed by atoms with Gasteiger partial charge in [0.15, 0.2) is 0 Å². The summed E-state index contributed by atoms with van der Waals surface area (Å²) in [4.78, 5) is 0. The van der Waals surface area contributed by atoms with Crippen molar-refractivity contribution < 1.29 is 0 Å². The van der Waals surface area contributed by atoms with Gasteiger partial charge in [-0.15, -0.1) is 0 Å². The van der Waals surface area contributed by atoms with Crippen LogP contribution in [-0.2, 0) is 6.42 Å². The predicted molar refractivity (Wildman–Crippen MR) is 130 cm³/mol. The average molecular weight is 406 g/mol. The topological polar surface area (TPSA) is 26.0 Å². The van der Waals surface area contributed by atoms with Crippen molar-refractivity contribution in [2.24, 2.45) is 29.4 Å². The monoisotopic (exact) mass is 405 g/mol. The van der Waals surface area contributed by atoms with Crippen LogP contribution in [0.4, 0.5) is 0 Å². The fourth-order valence-electron chi connectivity index (χ4n) is 6.02. The van der Waals surface area contributed by atoms with E-state index in [9.17, 15) is 0 Å². The summed E-state index contributed by atoms with van der Waals surface area (Å²) in [5.74, 6) is 6.89. The van der Waals surface area contributed by atoms with Gasteiger partial charge in [0, 0.05) is 11.6 Å². The number of hydrogen-bond acceptors (Lipinski definition) is 1. The molecule has 2 N–H and O–H groups in total. The van der Waals surface area contributed by atoms with E-state index in [0.29, 0.717) is 0 Å². The van der Waals surface area contributed by atoms with Crippen molar-refractivity contribution in [3.05, 3.63) is 46.0 Å². The number of nitrogens with two attached hydrogens (primary N) is 1. The first kappa shape index (κ1) is 23.0. The molecule has 2 aliphatic rings. The summed E-state index contributed by atoms with van der Waals surface area (Å²) in [6, 6.07) is 7.24. The average Bonchev–Trinajstić information content (AvgIpc) is 2.72. The van der Waals surface area contributed by atoms with Crippen molar-refractivity contribution in [1.29, 1.82) is 0 Å². The quantitative estimate of drug-likeness (QED) is 0.296. The second kappa shape index (κ2) is 11.1. The molecule has 0 amide bonds. The normalized spacial score (nSPS) is 26.5. The molecule has 2 fully saturated rings. The van der Waals surface area contributed by atoms with Crippen LogP contribution < -0.4 is 5.73 Å². The molecule has 1 heteroatoms. The van der Waals surface area contributed by atoms with Gasteiger partial charge in [0.1, 0.15) is 0 Å². The second-order valence-corrected chi connectivity index (χ2v) is 10.6. The smallest absolute Gasteiger partial charge is 0.0322 e. The molecule has 1 aromatic rings. The molecule has 0 spiro atoms. The molecule has 0 aliphatic heterocycles. The van der Waals surface area contributed by atoms with E-state index in [2.05, 4.69) is 57.9 Å². The number of hydrogen-bond donors (Lipinski definition) is 1. The molecular formula is C29H43N. The summed E-state index contributed by atoms with van der Waals surface area (Å²) >= 11 is 0. The summed E-state index contributed by atoms with van der Waals surface area (Å²) in [7, 11) is 0. The van der Waals surface area contributed by atoms with Crippen LogP contribution in [0.5, 0.6) is 0 Å². The summed E-state index contributed by atoms with van der Waals surface area (Å²) in [6.07, 6.45) is 18.2. The second-order valence-electron chi connectivity index (χ2n) is 10.6. The highest BCUT2D eigenvalue weighted by Gasteiger charge is 2.27. The third kappa shape index (κ3) is 6.66. The van der Waals surface area contributed by atoms with Crippen molar-refractivity contribution in [3.8, 4) is 12.0 Å². The molecule has 0 radical (unpaired) electrons. The molecule has 0 bridgehead atoms. The maximum atomic E-state index is 5.43. The van der Waals surface area contributed by atoms with Crippen molar-refractivity contribution in [1.82, 2.24) is 0 Å². The van der Waals surface area contributed by atoms with E-state index in [1.54, 1.807) is 0 Å². The lowest BCUT2D eigenvalue weighted by Crippen LogP contribution is -2.21. The van der Waals surface area contributed by atoms with E-state index in [1.807, 2.05) is 0 Å². The Labute approximate surface area is 185 Å². The van der Waals surface area contributed by atoms with Crippen LogP contribution in [0.25, 0.3) is 0 Å². The molecule has 0 atom stereocenters. The minimum absolute atomic E-state index is 0.867. The van der Waals surface area contributed by atoms with Gasteiger partial charge in [0.25, 0.3) is 0 Å². The number of allylic oxidation sites excluding steroid dienone is 2. The molecule has 1 nitrogen and oxygen atoms in total. The van der Waals surface area contributed by atoms with Crippen LogP contribution in [0.1, 0.15) is 100 Å². The van der Waals surface area contributed by atoms with Gasteiger partial charge >= 0.3 is 0 Å². The SMILES string of the molecule is CC(C)=CCC1CCC(CC2CCC(Cc3cc(C)c(C#CN)c(C)c3)CC2)CC1. The summed E-state index contributed by atoms with van der Waals surface area (Å²) in [5.41, 5.74) is 12.1. The van der Waals surface area contributed by atoms with Crippen LogP contribution in [-0.4, -0.2) is 0 Å². The maximum Gasteiger partial charge on any atom is 0.0322 e. The van der Waals surface area contributed by atoms with Gasteiger partial charge < -0.3 is 5.73 Å². The molecule has 1 aromatic carbocycles. The fraction of sp³-hybridized carbons (Fsp3) is 0.655. The lowest BCUT2D eigenvalue weighted by molar-refractivity contribution is 0.191. The van der Waals surface area contributed by atoms with E-state index in [-0.39, 0.29) is 0 Å². The van der Waals surface area contributed by atoms with Gasteiger partial charge in [0.05, 0.1) is 0 Å². The van der Waals surface area contributed by atoms with Crippen LogP contribution in [0, 0.1) is 49.5 Å². The van der Waals surface area contributed by atoms with E-state index in [4.69, 9.17) is 5.73 Å². The van der Waals surface area contributed by atoms with Crippen molar-refractivity contribution in [2.75, 3.05) is 0 Å². The van der Waals surface area contributed by atoms with Gasteiger partial charge in [-0.1, -0.05) is 49.5 Å². The zero-order valence-electron chi connectivity index (χ0n) is 19.9. The molecule has 0 heterocycles. The lowest BCUT2D eigenvalue weighted by Gasteiger charge is -2.34. The van der Waals surface area contributed by atoms with E-state index in [0.717, 1.165) is 29.2 Å². The van der Waals surface area contributed by atoms with Crippen LogP contribution in [0.3, 0.4) is 0 Å². The highest BCUT2D eigenvalue weighted by molar-refractivity contribution is 5.48. The molecule has 30 heavy (non-hydrogen) atoms. The molecule has 2 saturated carbocycles. The summed E-state index contributed by atoms with van der Waals surface area (Å²) in [5, 5.41) is 0. The Morgan fingerprint density at radius 2 is 1.37 bits per heavy atom. The van der Waals surface area contributed by atoms with Gasteiger partial charge in [-0.3, -0.25) is 0 Å². The van der Waals surface area contributed by atoms with E-state index >= 15 is 0 Å². The number of benzene rings is 1. The van der Waals surface area contributed by atoms with Gasteiger partial charge in [-0.2, -0.15) is 0 Å². The van der Waals surface area contributed by atoms with Crippen molar-refractivity contribution in [2.45, 2.75) is 98.3 Å². The zero-order chi connectivity index (χ0) is 21.5. The number of rotatable bonds is 6. The maximum absolute atomic E-state index is 5.43. The summed E-state index contributed by atoms with van der Waals surface area (Å²) in [6.45, 7) is 8.80. The van der Waals surface area contributed by atoms with E-state index in [1.165, 1.54) is 92.9 Å². The van der Waals surface area contributed by atoms with Gasteiger partial charge in [-0.25, -0.2) is 0 Å². The van der Waals surface area contributed by atoms with E-state index < -0.39 is 0 Å². The lowest BCUT2D eigenvalue weighted by atomic mass is 9.72. The highest BCUT2D eigenvalue weighted by Crippen LogP contribution is 2.40. The first-order valence-electron chi connectivity index (χ1n) is 12.4. The Morgan fingerprint density at radius 1 is 0.867 bits per heavy atom. The molecule has 2 aliphatic carbocycles. The Balaban J connectivity index is 1.41. The van der Waals surface area contributed by atoms with Crippen LogP contribution in [0.15, 0.2) is 23.8 Å². The zero-order valence-corrected chi connectivity index (χ0v) is 19.9. The first-order chi connectivity index (χ1) is 14.4. The molecule has 0 saturated heterocycles. The largest absolute Gasteiger partial charge is 0.359 e. The van der Waals surface area contributed by atoms with Crippen LogP contribution in [0.2, 0.25) is 0 Å². The molecule has 0 unspecified atom stereocenters. The molecule has 0 aromatic heterocycles. The van der Waals surface area contributed by atoms with Crippen molar-refractivity contribution in [3.63, 3.8) is 0 Å². The Kier molecular flexibility index (Phi) is 8.50. The third-order valence-corrected chi connectivity index (χ3v) is 7.77. The first-order valence-corrected chi connectivity index (χ1v) is 12.4. The summed E-state index contributed by atoms with van der Waals surface area (Å²) < 4.78 is 0. The Hall–Kier alpha value is -1.68. The molecule has 3 rings (SSSR count). The van der Waals surface area contributed by atoms with Crippen LogP contribution >= 0.6 is 0 Å². The minimum Gasteiger partial charge on any atom is -0.359 e. The Morgan fingerprint density at radius 3 is 1.87 bits per heavy atom. The van der Waals surface area contributed by atoms with Gasteiger partial charge in [0.2, 0.25) is 0 Å². The Bertz CT molecular complexity index is 747. The predicted octanol–water partition coefficient (Wildman–Crippen LogP) is 7.47. The third-order valence-electron chi connectivity index (χ3n) is 7.77. The molecule has 164 valence electrons. The standard InChI is InChI=1S/C29H43N/c1-21(2)5-6-24-7-9-25(10-8-24)19-26-11-13-27(14-12-26)20-28-17-22(3)29(15-16-30)23(4)18-28/h5,17-18,24-27H,6-14,19-20,30H2,1-4H3. The van der Waals surface area contributed by atoms with Crippen molar-refractivity contribution >= 4 is 0 Å². The fourth-order valence-corrected chi connectivity index (χ4v) is 6.02. The highest BCUT2D eigenvalue weighted by atomic mass is 14.5. The number of aryl methyl sites for hydroxylation is 2. The molecular weight excluding hydrogens is 362 g/mol. The van der Waals surface area contributed by atoms with Gasteiger partial charge in [-0.05, 0) is 119 Å².